The predicted octanol–water partition coefficient (Wildman–Crippen LogP) is 6.27. The highest BCUT2D eigenvalue weighted by Gasteiger charge is 2.15. The van der Waals surface area contributed by atoms with Crippen molar-refractivity contribution < 1.29 is 4.74 Å². The molecule has 0 unspecified atom stereocenters. The lowest BCUT2D eigenvalue weighted by Gasteiger charge is -2.18. The summed E-state index contributed by atoms with van der Waals surface area (Å²) in [5, 5.41) is 13.6. The Bertz CT molecular complexity index is 1210. The number of pyridine rings is 1. The van der Waals surface area contributed by atoms with Crippen LogP contribution in [0.4, 0.5) is 11.5 Å². The maximum Gasteiger partial charge on any atom is 0.243 e. The van der Waals surface area contributed by atoms with E-state index in [9.17, 15) is 0 Å². The van der Waals surface area contributed by atoms with Gasteiger partial charge in [-0.25, -0.2) is 4.98 Å². The minimum atomic E-state index is 0.0986. The summed E-state index contributed by atoms with van der Waals surface area (Å²) in [5.41, 5.74) is 3.73. The zero-order chi connectivity index (χ0) is 20.4. The summed E-state index contributed by atoms with van der Waals surface area (Å²) in [7, 11) is 0. The molecule has 0 aliphatic rings. The summed E-state index contributed by atoms with van der Waals surface area (Å²) < 4.78 is 5.92. The number of nitriles is 1. The Morgan fingerprint density at radius 2 is 1.90 bits per heavy atom. The van der Waals surface area contributed by atoms with Gasteiger partial charge in [-0.3, -0.25) is 0 Å². The lowest BCUT2D eigenvalue weighted by Crippen LogP contribution is -2.10. The number of nitrogens with zero attached hydrogens (tertiary/aromatic N) is 2. The highest BCUT2D eigenvalue weighted by Crippen LogP contribution is 2.32. The highest BCUT2D eigenvalue weighted by atomic mass is 16.5. The molecule has 2 aromatic heterocycles. The van der Waals surface area contributed by atoms with Crippen molar-refractivity contribution in [3.05, 3.63) is 78.0 Å². The Morgan fingerprint density at radius 3 is 2.69 bits per heavy atom. The molecule has 5 heteroatoms. The molecule has 2 aromatic carbocycles. The molecule has 0 saturated carbocycles. The van der Waals surface area contributed by atoms with Crippen LogP contribution < -0.4 is 10.1 Å². The monoisotopic (exact) mass is 382 g/mol. The number of benzene rings is 2. The largest absolute Gasteiger partial charge is 0.437 e. The third-order valence-corrected chi connectivity index (χ3v) is 4.70. The molecule has 5 nitrogen and oxygen atoms in total. The van der Waals surface area contributed by atoms with Crippen LogP contribution >= 0.6 is 0 Å². The van der Waals surface area contributed by atoms with E-state index in [-0.39, 0.29) is 5.41 Å². The SMILES string of the molecule is CC(C)(C)c1ccc2[nH]c(Nc3cccnc3Oc3cccc(C#N)c3)cc2c1. The van der Waals surface area contributed by atoms with Gasteiger partial charge in [0.15, 0.2) is 0 Å². The van der Waals surface area contributed by atoms with E-state index in [2.05, 4.69) is 66.4 Å². The van der Waals surface area contributed by atoms with Gasteiger partial charge in [0.2, 0.25) is 5.88 Å². The molecule has 0 fully saturated rings. The summed E-state index contributed by atoms with van der Waals surface area (Å²) in [4.78, 5) is 7.74. The van der Waals surface area contributed by atoms with E-state index in [0.717, 1.165) is 22.4 Å². The van der Waals surface area contributed by atoms with Crippen molar-refractivity contribution in [2.24, 2.45) is 0 Å². The Balaban J connectivity index is 1.62. The number of fused-ring (bicyclic) bond motifs is 1. The van der Waals surface area contributed by atoms with Gasteiger partial charge in [0, 0.05) is 17.1 Å². The number of aromatic nitrogens is 2. The van der Waals surface area contributed by atoms with Crippen LogP contribution in [0.3, 0.4) is 0 Å². The highest BCUT2D eigenvalue weighted by molar-refractivity contribution is 5.86. The topological polar surface area (TPSA) is 73.7 Å². The lowest BCUT2D eigenvalue weighted by molar-refractivity contribution is 0.465. The number of H-pyrrole nitrogens is 1. The molecule has 0 aliphatic heterocycles. The first-order valence-corrected chi connectivity index (χ1v) is 9.46. The molecule has 0 aliphatic carbocycles. The zero-order valence-corrected chi connectivity index (χ0v) is 16.7. The maximum atomic E-state index is 9.08. The van der Waals surface area contributed by atoms with Gasteiger partial charge in [0.25, 0.3) is 0 Å². The molecule has 2 N–H and O–H groups in total. The van der Waals surface area contributed by atoms with Crippen LogP contribution in [0.25, 0.3) is 10.9 Å². The van der Waals surface area contributed by atoms with E-state index in [0.29, 0.717) is 17.2 Å². The summed E-state index contributed by atoms with van der Waals surface area (Å²) in [5.74, 6) is 1.86. The normalized spacial score (nSPS) is 11.2. The van der Waals surface area contributed by atoms with E-state index >= 15 is 0 Å². The van der Waals surface area contributed by atoms with Crippen molar-refractivity contribution in [3.63, 3.8) is 0 Å². The van der Waals surface area contributed by atoms with Crippen molar-refractivity contribution in [2.75, 3.05) is 5.32 Å². The molecule has 0 saturated heterocycles. The Kier molecular flexibility index (Phi) is 4.69. The summed E-state index contributed by atoms with van der Waals surface area (Å²) >= 11 is 0. The zero-order valence-electron chi connectivity index (χ0n) is 16.7. The number of rotatable bonds is 4. The van der Waals surface area contributed by atoms with Gasteiger partial charge in [-0.1, -0.05) is 32.9 Å². The smallest absolute Gasteiger partial charge is 0.243 e. The second-order valence-electron chi connectivity index (χ2n) is 7.96. The molecular weight excluding hydrogens is 360 g/mol. The minimum Gasteiger partial charge on any atom is -0.437 e. The van der Waals surface area contributed by atoms with Gasteiger partial charge < -0.3 is 15.0 Å². The first kappa shape index (κ1) is 18.6. The molecule has 144 valence electrons. The van der Waals surface area contributed by atoms with Gasteiger partial charge in [0.1, 0.15) is 17.3 Å². The second-order valence-corrected chi connectivity index (χ2v) is 7.96. The quantitative estimate of drug-likeness (QED) is 0.436. The van der Waals surface area contributed by atoms with E-state index in [1.807, 2.05) is 12.1 Å². The van der Waals surface area contributed by atoms with Gasteiger partial charge in [-0.2, -0.15) is 5.26 Å². The molecule has 0 radical (unpaired) electrons. The Labute approximate surface area is 170 Å². The number of anilines is 2. The summed E-state index contributed by atoms with van der Waals surface area (Å²) in [6.07, 6.45) is 1.68. The van der Waals surface area contributed by atoms with Crippen molar-refractivity contribution in [3.8, 4) is 17.7 Å². The Morgan fingerprint density at radius 1 is 1.03 bits per heavy atom. The van der Waals surface area contributed by atoms with Crippen LogP contribution in [0.1, 0.15) is 31.9 Å². The van der Waals surface area contributed by atoms with Crippen LogP contribution in [-0.4, -0.2) is 9.97 Å². The van der Waals surface area contributed by atoms with E-state index in [1.165, 1.54) is 5.56 Å². The fraction of sp³-hybridized carbons (Fsp3) is 0.167. The number of hydrogen-bond acceptors (Lipinski definition) is 4. The van der Waals surface area contributed by atoms with Crippen LogP contribution in [-0.2, 0) is 5.41 Å². The van der Waals surface area contributed by atoms with Crippen LogP contribution in [0.5, 0.6) is 11.6 Å². The van der Waals surface area contributed by atoms with Crippen molar-refractivity contribution in [2.45, 2.75) is 26.2 Å². The predicted molar refractivity (Wildman–Crippen MR) is 116 cm³/mol. The van der Waals surface area contributed by atoms with Crippen LogP contribution in [0.2, 0.25) is 0 Å². The third kappa shape index (κ3) is 4.07. The molecule has 0 atom stereocenters. The molecule has 29 heavy (non-hydrogen) atoms. The molecular formula is C24H22N4O. The van der Waals surface area contributed by atoms with Crippen molar-refractivity contribution in [1.82, 2.24) is 9.97 Å². The average molecular weight is 382 g/mol. The summed E-state index contributed by atoms with van der Waals surface area (Å²) in [6, 6.07) is 21.4. The molecule has 2 heterocycles. The van der Waals surface area contributed by atoms with E-state index in [4.69, 9.17) is 10.00 Å². The fourth-order valence-electron chi connectivity index (χ4n) is 3.12. The van der Waals surface area contributed by atoms with Crippen molar-refractivity contribution >= 4 is 22.4 Å². The van der Waals surface area contributed by atoms with Gasteiger partial charge in [0.05, 0.1) is 11.6 Å². The number of hydrogen-bond donors (Lipinski definition) is 2. The van der Waals surface area contributed by atoms with Gasteiger partial charge >= 0.3 is 0 Å². The van der Waals surface area contributed by atoms with Crippen LogP contribution in [0, 0.1) is 11.3 Å². The number of nitrogens with one attached hydrogen (secondary N) is 2. The number of aromatic amines is 1. The molecule has 4 rings (SSSR count). The fourth-order valence-corrected chi connectivity index (χ4v) is 3.12. The van der Waals surface area contributed by atoms with Gasteiger partial charge in [-0.05, 0) is 59.5 Å². The lowest BCUT2D eigenvalue weighted by atomic mass is 9.86. The molecule has 0 bridgehead atoms. The molecule has 4 aromatic rings. The summed E-state index contributed by atoms with van der Waals surface area (Å²) in [6.45, 7) is 6.63. The maximum absolute atomic E-state index is 9.08. The first-order valence-electron chi connectivity index (χ1n) is 9.46. The number of ether oxygens (including phenoxy) is 1. The standard InChI is InChI=1S/C24H22N4O/c1-24(2,3)18-9-10-20-17(13-18)14-22(27-20)28-21-8-5-11-26-23(21)29-19-7-4-6-16(12-19)15-25/h4-14,27-28H,1-3H3. The second kappa shape index (κ2) is 7.33. The van der Waals surface area contributed by atoms with Crippen molar-refractivity contribution in [1.29, 1.82) is 5.26 Å². The van der Waals surface area contributed by atoms with E-state index in [1.54, 1.807) is 30.5 Å². The average Bonchev–Trinajstić information content (AvgIpc) is 3.10. The minimum absolute atomic E-state index is 0.0986. The molecule has 0 amide bonds. The Hall–Kier alpha value is -3.78. The third-order valence-electron chi connectivity index (χ3n) is 4.70. The first-order chi connectivity index (χ1) is 13.9. The molecule has 0 spiro atoms. The van der Waals surface area contributed by atoms with Gasteiger partial charge in [-0.15, -0.1) is 0 Å². The van der Waals surface area contributed by atoms with Crippen LogP contribution in [0.15, 0.2) is 66.9 Å². The van der Waals surface area contributed by atoms with E-state index < -0.39 is 0 Å².